The van der Waals surface area contributed by atoms with E-state index in [0.29, 0.717) is 25.1 Å². The van der Waals surface area contributed by atoms with Crippen LogP contribution in [-0.2, 0) is 6.42 Å². The predicted molar refractivity (Wildman–Crippen MR) is 78.4 cm³/mol. The van der Waals surface area contributed by atoms with Gasteiger partial charge in [-0.3, -0.25) is 4.98 Å². The van der Waals surface area contributed by atoms with Crippen molar-refractivity contribution in [2.24, 2.45) is 0 Å². The van der Waals surface area contributed by atoms with Crippen LogP contribution in [0.3, 0.4) is 0 Å². The van der Waals surface area contributed by atoms with Crippen LogP contribution < -0.4 is 5.32 Å². The van der Waals surface area contributed by atoms with E-state index in [2.05, 4.69) is 26.2 Å². The van der Waals surface area contributed by atoms with Crippen molar-refractivity contribution in [3.63, 3.8) is 0 Å². The van der Waals surface area contributed by atoms with Gasteiger partial charge in [0.15, 0.2) is 0 Å². The van der Waals surface area contributed by atoms with Crippen LogP contribution in [0.2, 0.25) is 0 Å². The van der Waals surface area contributed by atoms with Crippen LogP contribution in [0.1, 0.15) is 24.1 Å². The van der Waals surface area contributed by atoms with Crippen molar-refractivity contribution >= 4 is 15.9 Å². The highest BCUT2D eigenvalue weighted by Gasteiger charge is 2.21. The fourth-order valence-corrected chi connectivity index (χ4v) is 2.62. The van der Waals surface area contributed by atoms with Crippen LogP contribution in [0.4, 0.5) is 13.2 Å². The largest absolute Gasteiger partial charge is 0.310 e. The SMILES string of the molecule is CCNC(Cc1cncc(Br)c1)c1c(F)cc(F)cc1F. The second-order valence-corrected chi connectivity index (χ2v) is 5.52. The Labute approximate surface area is 129 Å². The Morgan fingerprint density at radius 3 is 2.38 bits per heavy atom. The summed E-state index contributed by atoms with van der Waals surface area (Å²) >= 11 is 3.31. The molecule has 1 atom stereocenters. The van der Waals surface area contributed by atoms with Crippen molar-refractivity contribution in [3.05, 3.63) is 63.6 Å². The van der Waals surface area contributed by atoms with E-state index in [1.807, 2.05) is 13.0 Å². The zero-order valence-electron chi connectivity index (χ0n) is 11.3. The zero-order valence-corrected chi connectivity index (χ0v) is 12.9. The lowest BCUT2D eigenvalue weighted by molar-refractivity contribution is 0.462. The van der Waals surface area contributed by atoms with Crippen LogP contribution in [-0.4, -0.2) is 11.5 Å². The lowest BCUT2D eigenvalue weighted by Crippen LogP contribution is -2.25. The molecule has 0 radical (unpaired) electrons. The Bertz CT molecular complexity index is 611. The first kappa shape index (κ1) is 16.0. The number of hydrogen-bond donors (Lipinski definition) is 1. The first-order valence-electron chi connectivity index (χ1n) is 6.48. The molecule has 21 heavy (non-hydrogen) atoms. The number of nitrogens with zero attached hydrogens (tertiary/aromatic N) is 1. The minimum Gasteiger partial charge on any atom is -0.310 e. The Morgan fingerprint density at radius 2 is 1.81 bits per heavy atom. The average Bonchev–Trinajstić information content (AvgIpc) is 2.37. The molecule has 0 bridgehead atoms. The summed E-state index contributed by atoms with van der Waals surface area (Å²) in [5.74, 6) is -2.70. The van der Waals surface area contributed by atoms with Gasteiger partial charge in [-0.2, -0.15) is 0 Å². The predicted octanol–water partition coefficient (Wildman–Crippen LogP) is 4.15. The first-order valence-corrected chi connectivity index (χ1v) is 7.27. The number of hydrogen-bond acceptors (Lipinski definition) is 2. The summed E-state index contributed by atoms with van der Waals surface area (Å²) in [5.41, 5.74) is 0.664. The van der Waals surface area contributed by atoms with Crippen LogP contribution in [0.15, 0.2) is 35.1 Å². The molecule has 0 fully saturated rings. The topological polar surface area (TPSA) is 24.9 Å². The van der Waals surface area contributed by atoms with Gasteiger partial charge >= 0.3 is 0 Å². The molecule has 1 heterocycles. The number of halogens is 4. The smallest absolute Gasteiger partial charge is 0.133 e. The third-order valence-corrected chi connectivity index (χ3v) is 3.48. The zero-order chi connectivity index (χ0) is 15.4. The Kier molecular flexibility index (Phi) is 5.36. The molecule has 0 saturated carbocycles. The van der Waals surface area contributed by atoms with E-state index in [9.17, 15) is 13.2 Å². The Hall–Kier alpha value is -1.40. The van der Waals surface area contributed by atoms with Crippen molar-refractivity contribution in [2.75, 3.05) is 6.54 Å². The molecule has 0 aliphatic heterocycles. The summed E-state index contributed by atoms with van der Waals surface area (Å²) in [5, 5.41) is 3.02. The molecule has 2 nitrogen and oxygen atoms in total. The lowest BCUT2D eigenvalue weighted by atomic mass is 9.98. The third-order valence-electron chi connectivity index (χ3n) is 3.04. The highest BCUT2D eigenvalue weighted by molar-refractivity contribution is 9.10. The maximum Gasteiger partial charge on any atom is 0.133 e. The van der Waals surface area contributed by atoms with Gasteiger partial charge in [0, 0.05) is 40.6 Å². The van der Waals surface area contributed by atoms with Gasteiger partial charge in [0.25, 0.3) is 0 Å². The summed E-state index contributed by atoms with van der Waals surface area (Å²) < 4.78 is 41.7. The Balaban J connectivity index is 2.35. The third kappa shape index (κ3) is 4.04. The molecule has 1 aromatic heterocycles. The maximum atomic E-state index is 13.9. The summed E-state index contributed by atoms with van der Waals surface area (Å²) in [6.07, 6.45) is 3.61. The van der Waals surface area contributed by atoms with E-state index < -0.39 is 23.5 Å². The number of rotatable bonds is 5. The quantitative estimate of drug-likeness (QED) is 0.868. The van der Waals surface area contributed by atoms with Gasteiger partial charge in [-0.05, 0) is 40.5 Å². The molecule has 1 aromatic carbocycles. The van der Waals surface area contributed by atoms with E-state index in [4.69, 9.17) is 0 Å². The van der Waals surface area contributed by atoms with E-state index in [-0.39, 0.29) is 5.56 Å². The second kappa shape index (κ2) is 7.04. The van der Waals surface area contributed by atoms with Gasteiger partial charge in [0.05, 0.1) is 0 Å². The number of aromatic nitrogens is 1. The molecule has 0 spiro atoms. The molecule has 112 valence electrons. The number of benzene rings is 1. The molecular weight excluding hydrogens is 345 g/mol. The van der Waals surface area contributed by atoms with Gasteiger partial charge in [0.2, 0.25) is 0 Å². The van der Waals surface area contributed by atoms with E-state index in [1.54, 1.807) is 12.4 Å². The van der Waals surface area contributed by atoms with Crippen LogP contribution >= 0.6 is 15.9 Å². The Morgan fingerprint density at radius 1 is 1.14 bits per heavy atom. The van der Waals surface area contributed by atoms with Crippen LogP contribution in [0.25, 0.3) is 0 Å². The lowest BCUT2D eigenvalue weighted by Gasteiger charge is -2.20. The van der Waals surface area contributed by atoms with Crippen LogP contribution in [0.5, 0.6) is 0 Å². The molecule has 6 heteroatoms. The molecule has 2 aromatic rings. The molecule has 1 N–H and O–H groups in total. The number of likely N-dealkylation sites (N-methyl/N-ethyl adjacent to an activating group) is 1. The van der Waals surface area contributed by atoms with Crippen molar-refractivity contribution in [1.29, 1.82) is 0 Å². The van der Waals surface area contributed by atoms with Gasteiger partial charge in [0.1, 0.15) is 17.5 Å². The van der Waals surface area contributed by atoms with E-state index in [1.165, 1.54) is 0 Å². The van der Waals surface area contributed by atoms with Gasteiger partial charge < -0.3 is 5.32 Å². The average molecular weight is 359 g/mol. The molecule has 0 saturated heterocycles. The molecule has 0 amide bonds. The normalized spacial score (nSPS) is 12.4. The fourth-order valence-electron chi connectivity index (χ4n) is 2.21. The van der Waals surface area contributed by atoms with Gasteiger partial charge in [-0.25, -0.2) is 13.2 Å². The molecular formula is C15H14BrF3N2. The monoisotopic (exact) mass is 358 g/mol. The summed E-state index contributed by atoms with van der Waals surface area (Å²) in [6.45, 7) is 2.37. The molecule has 1 unspecified atom stereocenters. The number of pyridine rings is 1. The molecule has 0 aliphatic carbocycles. The van der Waals surface area contributed by atoms with Crippen molar-refractivity contribution in [2.45, 2.75) is 19.4 Å². The highest BCUT2D eigenvalue weighted by Crippen LogP contribution is 2.25. The fraction of sp³-hybridized carbons (Fsp3) is 0.267. The van der Waals surface area contributed by atoms with Crippen molar-refractivity contribution in [3.8, 4) is 0 Å². The van der Waals surface area contributed by atoms with Gasteiger partial charge in [-0.1, -0.05) is 6.92 Å². The highest BCUT2D eigenvalue weighted by atomic mass is 79.9. The summed E-state index contributed by atoms with van der Waals surface area (Å²) in [7, 11) is 0. The van der Waals surface area contributed by atoms with Crippen LogP contribution in [0, 0.1) is 17.5 Å². The van der Waals surface area contributed by atoms with E-state index in [0.717, 1.165) is 10.0 Å². The van der Waals surface area contributed by atoms with Gasteiger partial charge in [-0.15, -0.1) is 0 Å². The maximum absolute atomic E-state index is 13.9. The molecule has 2 rings (SSSR count). The second-order valence-electron chi connectivity index (χ2n) is 4.61. The summed E-state index contributed by atoms with van der Waals surface area (Å²) in [4.78, 5) is 4.03. The first-order chi connectivity index (χ1) is 10.0. The number of nitrogens with one attached hydrogen (secondary N) is 1. The van der Waals surface area contributed by atoms with E-state index >= 15 is 0 Å². The van der Waals surface area contributed by atoms with Crippen molar-refractivity contribution in [1.82, 2.24) is 10.3 Å². The minimum atomic E-state index is -0.923. The minimum absolute atomic E-state index is 0.154. The standard InChI is InChI=1S/C15H14BrF3N2/c1-2-21-14(4-9-3-10(16)8-20-7-9)15-12(18)5-11(17)6-13(15)19/h3,5-8,14,21H,2,4H2,1H3. The summed E-state index contributed by atoms with van der Waals surface area (Å²) in [6, 6.07) is 2.63. The van der Waals surface area contributed by atoms with Crippen molar-refractivity contribution < 1.29 is 13.2 Å². The molecule has 0 aliphatic rings.